The quantitative estimate of drug-likeness (QED) is 0.852. The molecule has 0 spiro atoms. The number of hydrogen-bond donors (Lipinski definition) is 2. The van der Waals surface area contributed by atoms with Crippen LogP contribution in [0.25, 0.3) is 0 Å². The Labute approximate surface area is 155 Å². The zero-order chi connectivity index (χ0) is 19.0. The predicted octanol–water partition coefficient (Wildman–Crippen LogP) is 1.55. The van der Waals surface area contributed by atoms with E-state index in [1.54, 1.807) is 21.8 Å². The van der Waals surface area contributed by atoms with Crippen LogP contribution in [0.15, 0.2) is 24.4 Å². The van der Waals surface area contributed by atoms with Crippen LogP contribution in [0.1, 0.15) is 53.0 Å². The lowest BCUT2D eigenvalue weighted by Crippen LogP contribution is -2.45. The number of halogens is 1. The molecule has 2 aliphatic rings. The van der Waals surface area contributed by atoms with Crippen molar-refractivity contribution >= 4 is 11.9 Å². The first kappa shape index (κ1) is 17.4. The first-order valence-corrected chi connectivity index (χ1v) is 9.07. The molecule has 1 saturated heterocycles. The number of rotatable bonds is 3. The van der Waals surface area contributed by atoms with Crippen LogP contribution in [0.3, 0.4) is 0 Å². The van der Waals surface area contributed by atoms with Crippen LogP contribution in [0, 0.1) is 5.82 Å². The van der Waals surface area contributed by atoms with Gasteiger partial charge < -0.3 is 16.0 Å². The average molecular weight is 372 g/mol. The minimum absolute atomic E-state index is 0.0796. The summed E-state index contributed by atoms with van der Waals surface area (Å²) in [4.78, 5) is 25.5. The minimum Gasteiger partial charge on any atom is -0.364 e. The fourth-order valence-electron chi connectivity index (χ4n) is 3.90. The van der Waals surface area contributed by atoms with Gasteiger partial charge in [0.25, 0.3) is 5.91 Å². The van der Waals surface area contributed by atoms with Crippen LogP contribution in [0.2, 0.25) is 0 Å². The summed E-state index contributed by atoms with van der Waals surface area (Å²) in [6.45, 7) is 1.15. The summed E-state index contributed by atoms with van der Waals surface area (Å²) in [5.41, 5.74) is 6.92. The van der Waals surface area contributed by atoms with E-state index in [-0.39, 0.29) is 29.6 Å². The maximum atomic E-state index is 13.8. The molecule has 1 aromatic carbocycles. The molecule has 0 radical (unpaired) electrons. The first-order chi connectivity index (χ1) is 13.0. The largest absolute Gasteiger partial charge is 0.364 e. The third-order valence-electron chi connectivity index (χ3n) is 5.40. The summed E-state index contributed by atoms with van der Waals surface area (Å²) in [7, 11) is 0. The number of piperidine rings is 1. The van der Waals surface area contributed by atoms with Gasteiger partial charge in [0.15, 0.2) is 5.69 Å². The van der Waals surface area contributed by atoms with Crippen LogP contribution in [0.4, 0.5) is 9.18 Å². The maximum absolute atomic E-state index is 13.8. The molecule has 9 heteroatoms. The number of nitrogens with zero attached hydrogens (tertiary/aromatic N) is 4. The number of carbonyl (C=O) groups is 2. The lowest BCUT2D eigenvalue weighted by Gasteiger charge is -2.32. The van der Waals surface area contributed by atoms with Gasteiger partial charge in [0.2, 0.25) is 0 Å². The number of urea groups is 1. The van der Waals surface area contributed by atoms with Gasteiger partial charge in [-0.3, -0.25) is 4.79 Å². The average Bonchev–Trinajstić information content (AvgIpc) is 3.31. The molecule has 0 saturated carbocycles. The molecule has 1 aliphatic heterocycles. The second-order valence-corrected chi connectivity index (χ2v) is 7.01. The van der Waals surface area contributed by atoms with Gasteiger partial charge in [-0.2, -0.15) is 0 Å². The Morgan fingerprint density at radius 3 is 2.70 bits per heavy atom. The molecule has 1 atom stereocenters. The van der Waals surface area contributed by atoms with Crippen LogP contribution >= 0.6 is 0 Å². The molecular weight excluding hydrogens is 351 g/mol. The maximum Gasteiger partial charge on any atom is 0.317 e. The Hall–Kier alpha value is -2.97. The summed E-state index contributed by atoms with van der Waals surface area (Å²) in [5, 5.41) is 10.7. The number of carbonyl (C=O) groups excluding carboxylic acids is 2. The molecule has 142 valence electrons. The van der Waals surface area contributed by atoms with Gasteiger partial charge in [0.1, 0.15) is 5.82 Å². The molecule has 8 nitrogen and oxygen atoms in total. The Bertz CT molecular complexity index is 874. The summed E-state index contributed by atoms with van der Waals surface area (Å²) < 4.78 is 15.5. The molecule has 4 rings (SSSR count). The van der Waals surface area contributed by atoms with Crippen molar-refractivity contribution in [2.75, 3.05) is 13.1 Å². The number of amides is 3. The molecule has 3 amide bonds. The molecule has 3 N–H and O–H groups in total. The van der Waals surface area contributed by atoms with E-state index in [1.807, 2.05) is 6.07 Å². The fourth-order valence-corrected chi connectivity index (χ4v) is 3.90. The van der Waals surface area contributed by atoms with Gasteiger partial charge in [-0.1, -0.05) is 17.3 Å². The molecule has 0 bridgehead atoms. The SMILES string of the molecule is NC(=O)c1cn(C2CCN(C(=O)NC3CCc4c(F)cccc43)CC2)nn1. The molecular formula is C18H21FN6O2. The highest BCUT2D eigenvalue weighted by Crippen LogP contribution is 2.33. The van der Waals surface area contributed by atoms with E-state index in [4.69, 9.17) is 5.73 Å². The van der Waals surface area contributed by atoms with Crippen molar-refractivity contribution in [3.63, 3.8) is 0 Å². The van der Waals surface area contributed by atoms with Crippen LogP contribution < -0.4 is 11.1 Å². The zero-order valence-electron chi connectivity index (χ0n) is 14.8. The molecule has 1 aliphatic carbocycles. The predicted molar refractivity (Wildman–Crippen MR) is 94.4 cm³/mol. The van der Waals surface area contributed by atoms with E-state index in [2.05, 4.69) is 15.6 Å². The van der Waals surface area contributed by atoms with Crippen molar-refractivity contribution < 1.29 is 14.0 Å². The summed E-state index contributed by atoms with van der Waals surface area (Å²) in [6.07, 6.45) is 4.33. The van der Waals surface area contributed by atoms with Crippen LogP contribution in [-0.4, -0.2) is 44.9 Å². The number of aromatic nitrogens is 3. The highest BCUT2D eigenvalue weighted by Gasteiger charge is 2.30. The molecule has 2 heterocycles. The number of nitrogens with one attached hydrogen (secondary N) is 1. The third kappa shape index (κ3) is 3.36. The van der Waals surface area contributed by atoms with Crippen molar-refractivity contribution in [3.05, 3.63) is 47.0 Å². The molecule has 1 aromatic heterocycles. The van der Waals surface area contributed by atoms with E-state index in [0.717, 1.165) is 5.56 Å². The highest BCUT2D eigenvalue weighted by molar-refractivity contribution is 5.90. The molecule has 27 heavy (non-hydrogen) atoms. The first-order valence-electron chi connectivity index (χ1n) is 9.07. The monoisotopic (exact) mass is 372 g/mol. The Morgan fingerprint density at radius 1 is 1.22 bits per heavy atom. The third-order valence-corrected chi connectivity index (χ3v) is 5.40. The number of hydrogen-bond acceptors (Lipinski definition) is 4. The van der Waals surface area contributed by atoms with Gasteiger partial charge in [0.05, 0.1) is 18.3 Å². The second kappa shape index (κ2) is 6.98. The smallest absolute Gasteiger partial charge is 0.317 e. The summed E-state index contributed by atoms with van der Waals surface area (Å²) in [6, 6.07) is 4.82. The molecule has 1 fully saturated rings. The minimum atomic E-state index is -0.605. The Balaban J connectivity index is 1.34. The van der Waals surface area contributed by atoms with Crippen LogP contribution in [-0.2, 0) is 6.42 Å². The standard InChI is InChI=1S/C18H21FN6O2/c19-14-3-1-2-13-12(14)4-5-15(13)21-18(27)24-8-6-11(7-9-24)25-10-16(17(20)26)22-23-25/h1-3,10-11,15H,4-9H2,(H2,20,26)(H,21,27). The van der Waals surface area contributed by atoms with Crippen molar-refractivity contribution in [2.24, 2.45) is 5.73 Å². The van der Waals surface area contributed by atoms with E-state index >= 15 is 0 Å². The van der Waals surface area contributed by atoms with Gasteiger partial charge in [-0.05, 0) is 42.9 Å². The van der Waals surface area contributed by atoms with Gasteiger partial charge in [0, 0.05) is 13.1 Å². The number of fused-ring (bicyclic) bond motifs is 1. The summed E-state index contributed by atoms with van der Waals surface area (Å²) >= 11 is 0. The zero-order valence-corrected chi connectivity index (χ0v) is 14.8. The Kier molecular flexibility index (Phi) is 4.51. The number of primary amides is 1. The molecule has 2 aromatic rings. The normalized spacial score (nSPS) is 19.7. The van der Waals surface area contributed by atoms with E-state index in [9.17, 15) is 14.0 Å². The highest BCUT2D eigenvalue weighted by atomic mass is 19.1. The summed E-state index contributed by atoms with van der Waals surface area (Å²) in [5.74, 6) is -0.806. The lowest BCUT2D eigenvalue weighted by molar-refractivity contribution is 0.0995. The number of benzene rings is 1. The van der Waals surface area contributed by atoms with E-state index < -0.39 is 5.91 Å². The van der Waals surface area contributed by atoms with Crippen LogP contribution in [0.5, 0.6) is 0 Å². The van der Waals surface area contributed by atoms with E-state index in [1.165, 1.54) is 6.07 Å². The lowest BCUT2D eigenvalue weighted by atomic mass is 10.1. The van der Waals surface area contributed by atoms with Gasteiger partial charge in [-0.15, -0.1) is 5.10 Å². The van der Waals surface area contributed by atoms with Gasteiger partial charge >= 0.3 is 6.03 Å². The number of nitrogens with two attached hydrogens (primary N) is 1. The van der Waals surface area contributed by atoms with Gasteiger partial charge in [-0.25, -0.2) is 13.9 Å². The van der Waals surface area contributed by atoms with Crippen molar-refractivity contribution in [2.45, 2.75) is 37.8 Å². The van der Waals surface area contributed by atoms with Crippen molar-refractivity contribution in [1.82, 2.24) is 25.2 Å². The second-order valence-electron chi connectivity index (χ2n) is 7.01. The van der Waals surface area contributed by atoms with E-state index in [0.29, 0.717) is 44.3 Å². The van der Waals surface area contributed by atoms with Crippen molar-refractivity contribution in [1.29, 1.82) is 0 Å². The van der Waals surface area contributed by atoms with Crippen molar-refractivity contribution in [3.8, 4) is 0 Å². The topological polar surface area (TPSA) is 106 Å². The fraction of sp³-hybridized carbons (Fsp3) is 0.444. The molecule has 1 unspecified atom stereocenters. The Morgan fingerprint density at radius 2 is 2.00 bits per heavy atom. The number of likely N-dealkylation sites (tertiary alicyclic amines) is 1.